The molecule has 0 amide bonds. The molecule has 2 aliphatic heterocycles. The van der Waals surface area contributed by atoms with E-state index < -0.39 is 0 Å². The van der Waals surface area contributed by atoms with Crippen LogP contribution in [0.5, 0.6) is 0 Å². The van der Waals surface area contributed by atoms with E-state index in [0.29, 0.717) is 0 Å². The van der Waals surface area contributed by atoms with E-state index in [2.05, 4.69) is 71.1 Å². The smallest absolute Gasteiger partial charge is 0.140 e. The van der Waals surface area contributed by atoms with Crippen LogP contribution in [0.4, 0.5) is 0 Å². The third-order valence-electron chi connectivity index (χ3n) is 5.70. The highest BCUT2D eigenvalue weighted by Gasteiger charge is 2.10. The highest BCUT2D eigenvalue weighted by molar-refractivity contribution is 5.78. The molecule has 0 saturated heterocycles. The van der Waals surface area contributed by atoms with Crippen molar-refractivity contribution in [3.05, 3.63) is 95.2 Å². The Bertz CT molecular complexity index is 1480. The van der Waals surface area contributed by atoms with E-state index in [0.717, 1.165) is 57.1 Å². The van der Waals surface area contributed by atoms with E-state index in [-0.39, 0.29) is 0 Å². The van der Waals surface area contributed by atoms with Crippen LogP contribution in [0.15, 0.2) is 66.9 Å². The summed E-state index contributed by atoms with van der Waals surface area (Å²) in [4.78, 5) is 17.7. The van der Waals surface area contributed by atoms with Gasteiger partial charge >= 0.3 is 0 Å². The first-order chi connectivity index (χ1) is 15.7. The lowest BCUT2D eigenvalue weighted by atomic mass is 10.2. The number of hydrogen-bond acceptors (Lipinski definition) is 3. The van der Waals surface area contributed by atoms with Gasteiger partial charge in [-0.1, -0.05) is 13.0 Å². The zero-order chi connectivity index (χ0) is 21.5. The van der Waals surface area contributed by atoms with Gasteiger partial charge in [0.25, 0.3) is 0 Å². The molecule has 1 N–H and O–H groups in total. The third kappa shape index (κ3) is 3.34. The summed E-state index contributed by atoms with van der Waals surface area (Å²) in [6.07, 6.45) is 10.9. The number of rotatable bonds is 2. The van der Waals surface area contributed by atoms with E-state index in [1.54, 1.807) is 0 Å². The molecule has 154 valence electrons. The standard InChI is InChI=1S/C27H21N5/c1-2-18-4-3-13-28-27(18)32-25-11-12-26(32)17-24-10-8-22(31-24)15-20-6-5-19(29-20)14-21-7-9-23(16-25)30-21/h3-17,29H,2H2,1H3. The van der Waals surface area contributed by atoms with Crippen molar-refractivity contribution in [2.75, 3.05) is 0 Å². The number of hydrogen-bond donors (Lipinski definition) is 1. The van der Waals surface area contributed by atoms with Crippen molar-refractivity contribution in [3.63, 3.8) is 0 Å². The van der Waals surface area contributed by atoms with E-state index in [1.807, 2.05) is 36.6 Å². The lowest BCUT2D eigenvalue weighted by molar-refractivity contribution is 1.000. The van der Waals surface area contributed by atoms with Gasteiger partial charge in [0.1, 0.15) is 5.82 Å². The second kappa shape index (κ2) is 7.46. The Labute approximate surface area is 185 Å². The van der Waals surface area contributed by atoms with Crippen molar-refractivity contribution >= 4 is 46.4 Å². The summed E-state index contributed by atoms with van der Waals surface area (Å²) >= 11 is 0. The average Bonchev–Trinajstić information content (AvgIpc) is 3.59. The predicted molar refractivity (Wildman–Crippen MR) is 131 cm³/mol. The van der Waals surface area contributed by atoms with Crippen LogP contribution in [-0.4, -0.2) is 24.5 Å². The maximum atomic E-state index is 4.80. The topological polar surface area (TPSA) is 59.4 Å². The fourth-order valence-electron chi connectivity index (χ4n) is 4.18. The number of pyridine rings is 1. The van der Waals surface area contributed by atoms with Crippen LogP contribution >= 0.6 is 0 Å². The minimum absolute atomic E-state index is 0.902. The molecule has 8 bridgehead atoms. The molecule has 4 aromatic rings. The molecule has 4 aromatic heterocycles. The van der Waals surface area contributed by atoms with E-state index in [4.69, 9.17) is 15.0 Å². The molecular formula is C27H21N5. The Morgan fingerprint density at radius 2 is 1.28 bits per heavy atom. The van der Waals surface area contributed by atoms with Crippen LogP contribution in [0.3, 0.4) is 0 Å². The molecular weight excluding hydrogens is 394 g/mol. The summed E-state index contributed by atoms with van der Waals surface area (Å²) in [7, 11) is 0. The monoisotopic (exact) mass is 415 g/mol. The lowest BCUT2D eigenvalue weighted by Crippen LogP contribution is -2.01. The Morgan fingerprint density at radius 1 is 0.719 bits per heavy atom. The summed E-state index contributed by atoms with van der Waals surface area (Å²) in [5.41, 5.74) is 8.94. The average molecular weight is 416 g/mol. The van der Waals surface area contributed by atoms with Crippen LogP contribution in [0, 0.1) is 0 Å². The number of nitrogens with zero attached hydrogens (tertiary/aromatic N) is 4. The van der Waals surface area contributed by atoms with Gasteiger partial charge in [-0.05, 0) is 90.9 Å². The molecule has 0 spiro atoms. The molecule has 0 saturated carbocycles. The van der Waals surface area contributed by atoms with Gasteiger partial charge in [0.2, 0.25) is 0 Å². The third-order valence-corrected chi connectivity index (χ3v) is 5.70. The van der Waals surface area contributed by atoms with Gasteiger partial charge in [-0.15, -0.1) is 0 Å². The summed E-state index contributed by atoms with van der Waals surface area (Å²) in [6.45, 7) is 2.16. The summed E-state index contributed by atoms with van der Waals surface area (Å²) in [5.74, 6) is 0.938. The number of fused-ring (bicyclic) bond motifs is 8. The van der Waals surface area contributed by atoms with Gasteiger partial charge in [0, 0.05) is 28.3 Å². The molecule has 5 heteroatoms. The molecule has 0 fully saturated rings. The molecule has 2 aliphatic rings. The van der Waals surface area contributed by atoms with Gasteiger partial charge < -0.3 is 4.98 Å². The Kier molecular flexibility index (Phi) is 4.32. The van der Waals surface area contributed by atoms with Gasteiger partial charge in [-0.2, -0.15) is 0 Å². The second-order valence-electron chi connectivity index (χ2n) is 7.89. The molecule has 32 heavy (non-hydrogen) atoms. The molecule has 5 nitrogen and oxygen atoms in total. The fraction of sp³-hybridized carbons (Fsp3) is 0.0741. The fourth-order valence-corrected chi connectivity index (χ4v) is 4.18. The first-order valence-electron chi connectivity index (χ1n) is 10.8. The first kappa shape index (κ1) is 18.5. The number of aromatic amines is 1. The van der Waals surface area contributed by atoms with Crippen molar-refractivity contribution in [2.24, 2.45) is 0 Å². The minimum Gasteiger partial charge on any atom is -0.355 e. The van der Waals surface area contributed by atoms with Gasteiger partial charge in [0.05, 0.1) is 22.8 Å². The van der Waals surface area contributed by atoms with Gasteiger partial charge in [0.15, 0.2) is 0 Å². The number of aromatic nitrogens is 5. The van der Waals surface area contributed by atoms with Crippen molar-refractivity contribution in [2.45, 2.75) is 13.3 Å². The van der Waals surface area contributed by atoms with E-state index in [9.17, 15) is 0 Å². The van der Waals surface area contributed by atoms with Crippen LogP contribution < -0.4 is 0 Å². The minimum atomic E-state index is 0.902. The number of nitrogens with one attached hydrogen (secondary N) is 1. The maximum Gasteiger partial charge on any atom is 0.140 e. The molecule has 0 aromatic carbocycles. The molecule has 6 rings (SSSR count). The Hall–Kier alpha value is -4.25. The van der Waals surface area contributed by atoms with Crippen LogP contribution in [0.25, 0.3) is 52.2 Å². The van der Waals surface area contributed by atoms with Crippen LogP contribution in [0.2, 0.25) is 0 Å². The molecule has 0 radical (unpaired) electrons. The van der Waals surface area contributed by atoms with Crippen molar-refractivity contribution in [1.29, 1.82) is 0 Å². The van der Waals surface area contributed by atoms with Crippen molar-refractivity contribution < 1.29 is 0 Å². The Balaban J connectivity index is 1.72. The largest absolute Gasteiger partial charge is 0.355 e. The molecule has 0 unspecified atom stereocenters. The van der Waals surface area contributed by atoms with Gasteiger partial charge in [-0.25, -0.2) is 15.0 Å². The predicted octanol–water partition coefficient (Wildman–Crippen LogP) is 6.08. The van der Waals surface area contributed by atoms with E-state index >= 15 is 0 Å². The van der Waals surface area contributed by atoms with Crippen LogP contribution in [0.1, 0.15) is 35.3 Å². The Morgan fingerprint density at radius 3 is 1.84 bits per heavy atom. The SMILES string of the molecule is CCc1cccnc1-n1c2ccc1cc1nc(cc3ccc(cc4nc(c2)C=C4)[nH]3)C=C1. The summed E-state index contributed by atoms with van der Waals surface area (Å²) in [6, 6.07) is 20.8. The normalized spacial score (nSPS) is 12.4. The maximum absolute atomic E-state index is 4.80. The van der Waals surface area contributed by atoms with Gasteiger partial charge in [-0.3, -0.25) is 4.57 Å². The second-order valence-corrected chi connectivity index (χ2v) is 7.89. The lowest BCUT2D eigenvalue weighted by Gasteiger charge is -2.10. The summed E-state index contributed by atoms with van der Waals surface area (Å²) < 4.78 is 2.19. The summed E-state index contributed by atoms with van der Waals surface area (Å²) in [5, 5.41) is 0. The number of H-pyrrole nitrogens is 1. The van der Waals surface area contributed by atoms with Crippen molar-refractivity contribution in [3.8, 4) is 5.82 Å². The van der Waals surface area contributed by atoms with Crippen LogP contribution in [-0.2, 0) is 6.42 Å². The quantitative estimate of drug-likeness (QED) is 0.373. The zero-order valence-electron chi connectivity index (χ0n) is 17.7. The molecule has 6 heterocycles. The van der Waals surface area contributed by atoms with E-state index in [1.165, 1.54) is 5.56 Å². The molecule has 0 atom stereocenters. The number of aryl methyl sites for hydroxylation is 1. The highest BCUT2D eigenvalue weighted by atomic mass is 15.1. The zero-order valence-corrected chi connectivity index (χ0v) is 17.7. The first-order valence-corrected chi connectivity index (χ1v) is 10.8. The molecule has 0 aliphatic carbocycles. The van der Waals surface area contributed by atoms with Crippen molar-refractivity contribution in [1.82, 2.24) is 24.5 Å². The highest BCUT2D eigenvalue weighted by Crippen LogP contribution is 2.24.